The number of hydrogen-bond acceptors (Lipinski definition) is 8. The number of carbonyl (C=O) groups is 1. The smallest absolute Gasteiger partial charge is 0.307 e. The van der Waals surface area contributed by atoms with E-state index in [2.05, 4.69) is 47.9 Å². The van der Waals surface area contributed by atoms with E-state index in [1.807, 2.05) is 24.3 Å². The molecule has 3 aromatic carbocycles. The zero-order valence-corrected chi connectivity index (χ0v) is 26.9. The highest BCUT2D eigenvalue weighted by atomic mass is 35.5. The normalized spacial score (nSPS) is 17.3. The van der Waals surface area contributed by atoms with Gasteiger partial charge in [0.15, 0.2) is 5.58 Å². The Hall–Kier alpha value is -3.60. The fourth-order valence-electron chi connectivity index (χ4n) is 6.70. The van der Waals surface area contributed by atoms with Crippen molar-refractivity contribution in [1.82, 2.24) is 19.8 Å². The predicted molar refractivity (Wildman–Crippen MR) is 178 cm³/mol. The van der Waals surface area contributed by atoms with E-state index in [9.17, 15) is 15.0 Å². The molecule has 1 fully saturated rings. The molecule has 1 atom stereocenters. The summed E-state index contributed by atoms with van der Waals surface area (Å²) in [6, 6.07) is 16.5. The number of carboxylic acids is 1. The predicted octanol–water partition coefficient (Wildman–Crippen LogP) is 6.81. The fourth-order valence-corrected chi connectivity index (χ4v) is 8.21. The van der Waals surface area contributed by atoms with Crippen LogP contribution in [-0.2, 0) is 24.3 Å². The van der Waals surface area contributed by atoms with E-state index in [0.29, 0.717) is 48.1 Å². The van der Waals surface area contributed by atoms with Gasteiger partial charge in [-0.15, -0.1) is 11.3 Å². The van der Waals surface area contributed by atoms with Crippen molar-refractivity contribution >= 4 is 40.0 Å². The number of aliphatic carboxylic acids is 1. The number of aliphatic hydroxyl groups is 1. The van der Waals surface area contributed by atoms with Gasteiger partial charge in [0.25, 0.3) is 0 Å². The van der Waals surface area contributed by atoms with Crippen LogP contribution >= 0.6 is 22.9 Å². The molecule has 0 bridgehead atoms. The zero-order chi connectivity index (χ0) is 31.2. The lowest BCUT2D eigenvalue weighted by Crippen LogP contribution is -2.32. The second kappa shape index (κ2) is 12.3. The van der Waals surface area contributed by atoms with Crippen LogP contribution in [-0.4, -0.2) is 68.7 Å². The summed E-state index contributed by atoms with van der Waals surface area (Å²) in [4.78, 5) is 27.0. The van der Waals surface area contributed by atoms with Crippen LogP contribution in [0.1, 0.15) is 33.7 Å². The van der Waals surface area contributed by atoms with E-state index in [4.69, 9.17) is 26.0 Å². The third-order valence-corrected chi connectivity index (χ3v) is 10.6. The number of benzene rings is 3. The van der Waals surface area contributed by atoms with Gasteiger partial charge in [-0.25, -0.2) is 9.97 Å². The number of β-amino-alcohol motifs (C(OH)–C–C–N with tert-alkyl or cyclic N) is 1. The molecule has 0 radical (unpaired) electrons. The zero-order valence-electron chi connectivity index (χ0n) is 25.3. The number of rotatable bonds is 8. The number of oxazole rings is 1. The molecule has 232 valence electrons. The Morgan fingerprint density at radius 2 is 1.76 bits per heavy atom. The van der Waals surface area contributed by atoms with Gasteiger partial charge in [-0.05, 0) is 72.8 Å². The minimum atomic E-state index is -0.736. The molecule has 0 saturated carbocycles. The number of hydrogen-bond donors (Lipinski definition) is 2. The van der Waals surface area contributed by atoms with Crippen LogP contribution in [0.3, 0.4) is 0 Å². The summed E-state index contributed by atoms with van der Waals surface area (Å²) in [5.74, 6) is -0.540. The van der Waals surface area contributed by atoms with Gasteiger partial charge in [-0.2, -0.15) is 0 Å². The summed E-state index contributed by atoms with van der Waals surface area (Å²) in [5.41, 5.74) is 9.94. The molecule has 2 N–H and O–H groups in total. The summed E-state index contributed by atoms with van der Waals surface area (Å²) in [7, 11) is 0. The Labute approximate surface area is 270 Å². The Kier molecular flexibility index (Phi) is 8.22. The van der Waals surface area contributed by atoms with Crippen LogP contribution in [0.4, 0.5) is 0 Å². The SMILES string of the molecule is Cc1c(-c2nc3cc(CN4CC[C@@H](C(=O)O)C4)cc(Cl)c3o2)cccc1-c1cccc(-c2nc3c(s2)CN(CCO)CC3)c1C. The molecule has 7 rings (SSSR count). The van der Waals surface area contributed by atoms with Gasteiger partial charge in [0.1, 0.15) is 10.5 Å². The molecular formula is C35H35ClN4O4S. The van der Waals surface area contributed by atoms with E-state index < -0.39 is 5.97 Å². The van der Waals surface area contributed by atoms with Crippen LogP contribution < -0.4 is 0 Å². The molecule has 0 aliphatic carbocycles. The van der Waals surface area contributed by atoms with E-state index in [1.54, 1.807) is 11.3 Å². The number of fused-ring (bicyclic) bond motifs is 2. The summed E-state index contributed by atoms with van der Waals surface area (Å²) in [6.45, 7) is 8.80. The van der Waals surface area contributed by atoms with Crippen molar-refractivity contribution in [3.8, 4) is 33.2 Å². The Balaban J connectivity index is 1.19. The molecule has 2 aromatic heterocycles. The number of halogens is 1. The Bertz CT molecular complexity index is 1920. The van der Waals surface area contributed by atoms with E-state index in [-0.39, 0.29) is 12.5 Å². The van der Waals surface area contributed by atoms with Crippen LogP contribution in [0.2, 0.25) is 5.02 Å². The Morgan fingerprint density at radius 3 is 2.49 bits per heavy atom. The molecule has 1 saturated heterocycles. The average Bonchev–Trinajstić information content (AvgIpc) is 3.76. The topological polar surface area (TPSA) is 103 Å². The number of aromatic nitrogens is 2. The average molecular weight is 643 g/mol. The lowest BCUT2D eigenvalue weighted by atomic mass is 9.91. The molecule has 0 amide bonds. The number of thiazole rings is 1. The van der Waals surface area contributed by atoms with Gasteiger partial charge in [0.05, 0.1) is 23.2 Å². The molecule has 8 nitrogen and oxygen atoms in total. The van der Waals surface area contributed by atoms with Crippen LogP contribution in [0, 0.1) is 19.8 Å². The first kappa shape index (κ1) is 30.1. The van der Waals surface area contributed by atoms with Crippen molar-refractivity contribution in [3.63, 3.8) is 0 Å². The van der Waals surface area contributed by atoms with E-state index >= 15 is 0 Å². The number of aliphatic hydroxyl groups excluding tert-OH is 1. The van der Waals surface area contributed by atoms with Crippen molar-refractivity contribution in [2.24, 2.45) is 5.92 Å². The molecule has 2 aliphatic heterocycles. The van der Waals surface area contributed by atoms with Gasteiger partial charge in [-0.3, -0.25) is 14.6 Å². The first-order chi connectivity index (χ1) is 21.8. The second-order valence-corrected chi connectivity index (χ2v) is 13.6. The quantitative estimate of drug-likeness (QED) is 0.190. The van der Waals surface area contributed by atoms with Crippen molar-refractivity contribution in [2.45, 2.75) is 39.8 Å². The standard InChI is InChI=1S/C35H35ClN4O4S/c1-20-24(25-6-4-8-27(21(25)2)34-38-29-10-12-39(13-14-41)19-31(29)45-34)5-3-7-26(20)33-37-30-16-22(15-28(36)32(30)44-33)17-40-11-9-23(18-40)35(42)43/h3-8,15-16,23,41H,9-14,17-19H2,1-2H3,(H,42,43)/t23-/m1/s1. The minimum Gasteiger partial charge on any atom is -0.481 e. The first-order valence-electron chi connectivity index (χ1n) is 15.3. The lowest BCUT2D eigenvalue weighted by Gasteiger charge is -2.24. The number of nitrogens with zero attached hydrogens (tertiary/aromatic N) is 4. The number of likely N-dealkylation sites (tertiary alicyclic amines) is 1. The van der Waals surface area contributed by atoms with Crippen LogP contribution in [0.15, 0.2) is 52.9 Å². The molecular weight excluding hydrogens is 608 g/mol. The summed E-state index contributed by atoms with van der Waals surface area (Å²) in [6.07, 6.45) is 1.57. The highest BCUT2D eigenvalue weighted by molar-refractivity contribution is 7.15. The van der Waals surface area contributed by atoms with Crippen molar-refractivity contribution in [2.75, 3.05) is 32.8 Å². The lowest BCUT2D eigenvalue weighted by molar-refractivity contribution is -0.141. The number of carboxylic acid groups (broad SMARTS) is 1. The third kappa shape index (κ3) is 5.79. The summed E-state index contributed by atoms with van der Waals surface area (Å²) in [5, 5.41) is 20.3. The monoisotopic (exact) mass is 642 g/mol. The second-order valence-electron chi connectivity index (χ2n) is 12.1. The highest BCUT2D eigenvalue weighted by Crippen LogP contribution is 2.40. The van der Waals surface area contributed by atoms with Gasteiger partial charge in [-0.1, -0.05) is 41.9 Å². The Morgan fingerprint density at radius 1 is 1.02 bits per heavy atom. The maximum absolute atomic E-state index is 11.4. The molecule has 2 aliphatic rings. The largest absolute Gasteiger partial charge is 0.481 e. The maximum atomic E-state index is 11.4. The van der Waals surface area contributed by atoms with Gasteiger partial charge in [0.2, 0.25) is 5.89 Å². The maximum Gasteiger partial charge on any atom is 0.307 e. The molecule has 0 unspecified atom stereocenters. The summed E-state index contributed by atoms with van der Waals surface area (Å²) < 4.78 is 6.26. The molecule has 0 spiro atoms. The van der Waals surface area contributed by atoms with E-state index in [1.165, 1.54) is 16.1 Å². The van der Waals surface area contributed by atoms with Gasteiger partial charge in [0, 0.05) is 55.1 Å². The first-order valence-corrected chi connectivity index (χ1v) is 16.5. The van der Waals surface area contributed by atoms with Crippen LogP contribution in [0.25, 0.3) is 44.3 Å². The fraction of sp³-hybridized carbons (Fsp3) is 0.343. The van der Waals surface area contributed by atoms with E-state index in [0.717, 1.165) is 64.4 Å². The molecule has 5 aromatic rings. The van der Waals surface area contributed by atoms with Crippen molar-refractivity contribution in [3.05, 3.63) is 80.8 Å². The molecule has 45 heavy (non-hydrogen) atoms. The van der Waals surface area contributed by atoms with Crippen molar-refractivity contribution in [1.29, 1.82) is 0 Å². The third-order valence-electron chi connectivity index (χ3n) is 9.18. The van der Waals surface area contributed by atoms with Crippen molar-refractivity contribution < 1.29 is 19.4 Å². The highest BCUT2D eigenvalue weighted by Gasteiger charge is 2.28. The molecule has 10 heteroatoms. The van der Waals surface area contributed by atoms with Crippen LogP contribution in [0.5, 0.6) is 0 Å². The minimum absolute atomic E-state index is 0.174. The summed E-state index contributed by atoms with van der Waals surface area (Å²) >= 11 is 8.44. The van der Waals surface area contributed by atoms with Gasteiger partial charge >= 0.3 is 5.97 Å². The molecule has 4 heterocycles. The van der Waals surface area contributed by atoms with Gasteiger partial charge < -0.3 is 14.6 Å².